The molecule has 0 heterocycles. The molecule has 0 saturated heterocycles. The minimum atomic E-state index is 1.23. The predicted octanol–water partition coefficient (Wildman–Crippen LogP) is 12.0. The van der Waals surface area contributed by atoms with E-state index in [1.807, 2.05) is 0 Å². The second kappa shape index (κ2) is 10.2. The summed E-state index contributed by atoms with van der Waals surface area (Å²) in [6.07, 6.45) is 0. The normalized spacial score (nSPS) is 11.3. The van der Waals surface area contributed by atoms with Crippen molar-refractivity contribution in [1.29, 1.82) is 0 Å². The van der Waals surface area contributed by atoms with Crippen LogP contribution in [0, 0.1) is 0 Å². The van der Waals surface area contributed by atoms with Gasteiger partial charge >= 0.3 is 0 Å². The van der Waals surface area contributed by atoms with Gasteiger partial charge in [0.25, 0.3) is 0 Å². The standard InChI is InChI=1S/C42H28/c1-2-16-30-29(15-1)31-17-3-4-19-33(31)35-21-7-8-23-37(35)39-25-11-12-27-41(39)42-28-14-13-26-40(42)38-24-10-9-22-36(38)34-20-6-5-18-32(30)34/h1-28H. The van der Waals surface area contributed by atoms with E-state index in [0.717, 1.165) is 0 Å². The molecular weight excluding hydrogens is 504 g/mol. The van der Waals surface area contributed by atoms with E-state index < -0.39 is 0 Å². The lowest BCUT2D eigenvalue weighted by Gasteiger charge is -2.09. The van der Waals surface area contributed by atoms with Gasteiger partial charge < -0.3 is 0 Å². The van der Waals surface area contributed by atoms with Crippen LogP contribution in [-0.2, 0) is 0 Å². The van der Waals surface area contributed by atoms with Crippen LogP contribution in [0.3, 0.4) is 0 Å². The number of hydrogen-bond donors (Lipinski definition) is 0. The van der Waals surface area contributed by atoms with Crippen LogP contribution in [-0.4, -0.2) is 0 Å². The first-order valence-corrected chi connectivity index (χ1v) is 14.5. The first kappa shape index (κ1) is 24.3. The molecule has 42 heavy (non-hydrogen) atoms. The Kier molecular flexibility index (Phi) is 5.90. The highest BCUT2D eigenvalue weighted by Gasteiger charge is 2.08. The Labute approximate surface area is 244 Å². The summed E-state index contributed by atoms with van der Waals surface area (Å²) in [6, 6.07) is 62.0. The summed E-state index contributed by atoms with van der Waals surface area (Å²) in [5, 5.41) is 17.3. The minimum Gasteiger partial charge on any atom is -0.0616 e. The van der Waals surface area contributed by atoms with Crippen LogP contribution in [0.1, 0.15) is 0 Å². The molecule has 0 amide bonds. The molecule has 0 atom stereocenters. The van der Waals surface area contributed by atoms with Gasteiger partial charge in [-0.2, -0.15) is 0 Å². The Balaban J connectivity index is 1.85. The van der Waals surface area contributed by atoms with Crippen molar-refractivity contribution >= 4 is 75.4 Å². The maximum absolute atomic E-state index is 2.27. The Morgan fingerprint density at radius 1 is 0.119 bits per heavy atom. The molecular formula is C42H28. The predicted molar refractivity (Wildman–Crippen MR) is 184 cm³/mol. The fourth-order valence-corrected chi connectivity index (χ4v) is 6.67. The van der Waals surface area contributed by atoms with Gasteiger partial charge in [-0.1, -0.05) is 170 Å². The molecule has 0 aliphatic rings. The van der Waals surface area contributed by atoms with E-state index in [1.165, 1.54) is 75.4 Å². The highest BCUT2D eigenvalue weighted by atomic mass is 14.1. The smallest absolute Gasteiger partial charge is 0.00990 e. The third-order valence-corrected chi connectivity index (χ3v) is 8.52. The molecule has 0 spiro atoms. The number of fused-ring (bicyclic) bond motifs is 14. The van der Waals surface area contributed by atoms with Gasteiger partial charge in [-0.25, -0.2) is 0 Å². The van der Waals surface area contributed by atoms with E-state index >= 15 is 0 Å². The highest BCUT2D eigenvalue weighted by molar-refractivity contribution is 6.26. The van der Waals surface area contributed by atoms with Crippen LogP contribution < -0.4 is 0 Å². The monoisotopic (exact) mass is 532 g/mol. The van der Waals surface area contributed by atoms with Gasteiger partial charge in [0.05, 0.1) is 0 Å². The molecule has 0 radical (unpaired) electrons. The second-order valence-corrected chi connectivity index (χ2v) is 10.8. The van der Waals surface area contributed by atoms with Crippen LogP contribution in [0.2, 0.25) is 0 Å². The molecule has 0 fully saturated rings. The number of rotatable bonds is 0. The van der Waals surface area contributed by atoms with Gasteiger partial charge in [-0.05, 0) is 75.4 Å². The molecule has 8 rings (SSSR count). The minimum absolute atomic E-state index is 1.23. The van der Waals surface area contributed by atoms with E-state index in [-0.39, 0.29) is 0 Å². The van der Waals surface area contributed by atoms with E-state index in [0.29, 0.717) is 0 Å². The van der Waals surface area contributed by atoms with Gasteiger partial charge in [-0.15, -0.1) is 0 Å². The van der Waals surface area contributed by atoms with Crippen molar-refractivity contribution < 1.29 is 0 Å². The number of hydrogen-bond acceptors (Lipinski definition) is 0. The Hall–Kier alpha value is -5.46. The zero-order valence-electron chi connectivity index (χ0n) is 23.2. The largest absolute Gasteiger partial charge is 0.0616 e. The van der Waals surface area contributed by atoms with Gasteiger partial charge in [0.15, 0.2) is 0 Å². The van der Waals surface area contributed by atoms with Gasteiger partial charge in [0.2, 0.25) is 0 Å². The molecule has 0 heteroatoms. The molecule has 0 unspecified atom stereocenters. The molecule has 8 aromatic carbocycles. The number of benzene rings is 7. The SMILES string of the molecule is c1ccc2c(c1)c1ccccc1c1ccccc1c1ccccc1c1ccccc1c1ccccc1c1ccccc21. The summed E-state index contributed by atoms with van der Waals surface area (Å²) in [5.41, 5.74) is 0. The van der Waals surface area contributed by atoms with Crippen LogP contribution >= 0.6 is 0 Å². The quantitative estimate of drug-likeness (QED) is 0.182. The van der Waals surface area contributed by atoms with Crippen molar-refractivity contribution in [3.8, 4) is 0 Å². The van der Waals surface area contributed by atoms with Crippen molar-refractivity contribution in [1.82, 2.24) is 0 Å². The molecule has 0 aliphatic carbocycles. The Morgan fingerprint density at radius 2 is 0.190 bits per heavy atom. The average Bonchev–Trinajstić information content (AvgIpc) is 3.08. The fraction of sp³-hybridized carbons (Fsp3) is 0. The molecule has 0 N–H and O–H groups in total. The lowest BCUT2D eigenvalue weighted by atomic mass is 9.95. The van der Waals surface area contributed by atoms with Gasteiger partial charge in [0.1, 0.15) is 0 Å². The maximum atomic E-state index is 2.27. The lowest BCUT2D eigenvalue weighted by Crippen LogP contribution is -1.81. The molecule has 0 bridgehead atoms. The zero-order valence-corrected chi connectivity index (χ0v) is 23.2. The van der Waals surface area contributed by atoms with Crippen LogP contribution in [0.4, 0.5) is 0 Å². The average molecular weight is 533 g/mol. The fourth-order valence-electron chi connectivity index (χ4n) is 6.67. The van der Waals surface area contributed by atoms with Crippen molar-refractivity contribution in [3.05, 3.63) is 170 Å². The van der Waals surface area contributed by atoms with Crippen molar-refractivity contribution in [2.24, 2.45) is 0 Å². The Morgan fingerprint density at radius 3 is 0.262 bits per heavy atom. The topological polar surface area (TPSA) is 0 Å². The molecule has 196 valence electrons. The molecule has 0 aliphatic heterocycles. The van der Waals surface area contributed by atoms with Crippen LogP contribution in [0.15, 0.2) is 170 Å². The summed E-state index contributed by atoms with van der Waals surface area (Å²) >= 11 is 0. The molecule has 0 aromatic heterocycles. The molecule has 0 saturated carbocycles. The summed E-state index contributed by atoms with van der Waals surface area (Å²) in [5.74, 6) is 0. The van der Waals surface area contributed by atoms with Crippen molar-refractivity contribution in [2.45, 2.75) is 0 Å². The van der Waals surface area contributed by atoms with Gasteiger partial charge in [0, 0.05) is 0 Å². The first-order valence-electron chi connectivity index (χ1n) is 14.5. The second-order valence-electron chi connectivity index (χ2n) is 10.8. The van der Waals surface area contributed by atoms with Gasteiger partial charge in [-0.3, -0.25) is 0 Å². The third-order valence-electron chi connectivity index (χ3n) is 8.52. The van der Waals surface area contributed by atoms with E-state index in [1.54, 1.807) is 0 Å². The maximum Gasteiger partial charge on any atom is -0.00990 e. The Bertz CT molecular complexity index is 1740. The summed E-state index contributed by atoms with van der Waals surface area (Å²) < 4.78 is 0. The molecule has 8 aromatic rings. The first-order chi connectivity index (χ1) is 20.9. The van der Waals surface area contributed by atoms with Crippen LogP contribution in [0.25, 0.3) is 75.4 Å². The summed E-state index contributed by atoms with van der Waals surface area (Å²) in [7, 11) is 0. The van der Waals surface area contributed by atoms with E-state index in [4.69, 9.17) is 0 Å². The zero-order chi connectivity index (χ0) is 27.9. The van der Waals surface area contributed by atoms with Crippen LogP contribution in [0.5, 0.6) is 0 Å². The summed E-state index contributed by atoms with van der Waals surface area (Å²) in [6.45, 7) is 0. The highest BCUT2D eigenvalue weighted by Crippen LogP contribution is 2.36. The van der Waals surface area contributed by atoms with E-state index in [2.05, 4.69) is 170 Å². The van der Waals surface area contributed by atoms with Crippen molar-refractivity contribution in [2.75, 3.05) is 0 Å². The summed E-state index contributed by atoms with van der Waals surface area (Å²) in [4.78, 5) is 0. The van der Waals surface area contributed by atoms with E-state index in [9.17, 15) is 0 Å². The van der Waals surface area contributed by atoms with Crippen molar-refractivity contribution in [3.63, 3.8) is 0 Å². The third kappa shape index (κ3) is 3.92. The lowest BCUT2D eigenvalue weighted by molar-refractivity contribution is 1.77. The molecule has 0 nitrogen and oxygen atoms in total.